The van der Waals surface area contributed by atoms with Crippen molar-refractivity contribution >= 4 is 34.0 Å². The summed E-state index contributed by atoms with van der Waals surface area (Å²) in [5.41, 5.74) is 4.85. The van der Waals surface area contributed by atoms with Gasteiger partial charge in [0.2, 0.25) is 11.0 Å². The first-order chi connectivity index (χ1) is 13.9. The maximum atomic E-state index is 12.5. The van der Waals surface area contributed by atoms with Gasteiger partial charge in [-0.3, -0.25) is 14.9 Å². The minimum absolute atomic E-state index is 0.0198. The molecular formula is C22H22N4O2S. The molecule has 29 heavy (non-hydrogen) atoms. The summed E-state index contributed by atoms with van der Waals surface area (Å²) in [7, 11) is 0. The van der Waals surface area contributed by atoms with E-state index in [-0.39, 0.29) is 17.7 Å². The zero-order valence-corrected chi connectivity index (χ0v) is 17.4. The zero-order valence-electron chi connectivity index (χ0n) is 16.6. The van der Waals surface area contributed by atoms with Crippen LogP contribution in [0.3, 0.4) is 0 Å². The first kappa shape index (κ1) is 19.3. The number of rotatable bonds is 4. The molecule has 1 atom stereocenters. The second-order valence-corrected chi connectivity index (χ2v) is 8.45. The van der Waals surface area contributed by atoms with Crippen LogP contribution in [0.15, 0.2) is 42.5 Å². The Morgan fingerprint density at radius 2 is 1.83 bits per heavy atom. The van der Waals surface area contributed by atoms with Gasteiger partial charge in [0.05, 0.1) is 0 Å². The van der Waals surface area contributed by atoms with Crippen LogP contribution < -0.4 is 10.2 Å². The molecule has 4 rings (SSSR count). The molecule has 1 aliphatic heterocycles. The van der Waals surface area contributed by atoms with E-state index in [4.69, 9.17) is 0 Å². The fraction of sp³-hybridized carbons (Fsp3) is 0.273. The number of anilines is 2. The van der Waals surface area contributed by atoms with Crippen LogP contribution in [0.4, 0.5) is 10.8 Å². The Balaban J connectivity index is 1.45. The van der Waals surface area contributed by atoms with E-state index in [1.54, 1.807) is 11.0 Å². The molecule has 1 fully saturated rings. The lowest BCUT2D eigenvalue weighted by atomic mass is 10.1. The number of aromatic nitrogens is 2. The molecular weight excluding hydrogens is 384 g/mol. The minimum atomic E-state index is -0.209. The van der Waals surface area contributed by atoms with Crippen LogP contribution >= 0.6 is 11.3 Å². The highest BCUT2D eigenvalue weighted by Gasteiger charge is 2.34. The van der Waals surface area contributed by atoms with Crippen LogP contribution in [0.1, 0.15) is 44.4 Å². The monoisotopic (exact) mass is 406 g/mol. The number of aryl methyl sites for hydroxylation is 3. The summed E-state index contributed by atoms with van der Waals surface area (Å²) in [4.78, 5) is 26.8. The third kappa shape index (κ3) is 4.05. The normalized spacial score (nSPS) is 16.3. The fourth-order valence-electron chi connectivity index (χ4n) is 3.35. The summed E-state index contributed by atoms with van der Waals surface area (Å²) < 4.78 is 0. The molecule has 0 aliphatic carbocycles. The quantitative estimate of drug-likeness (QED) is 0.703. The van der Waals surface area contributed by atoms with Gasteiger partial charge in [0.1, 0.15) is 5.01 Å². The molecule has 1 saturated heterocycles. The summed E-state index contributed by atoms with van der Waals surface area (Å²) in [5.74, 6) is -0.150. The van der Waals surface area contributed by atoms with Gasteiger partial charge in [0, 0.05) is 30.1 Å². The summed E-state index contributed by atoms with van der Waals surface area (Å²) in [6.45, 7) is 6.58. The zero-order chi connectivity index (χ0) is 20.5. The van der Waals surface area contributed by atoms with Crippen molar-refractivity contribution < 1.29 is 9.59 Å². The second-order valence-electron chi connectivity index (χ2n) is 7.44. The predicted molar refractivity (Wildman–Crippen MR) is 115 cm³/mol. The smallest absolute Gasteiger partial charge is 0.257 e. The SMILES string of the molecule is Cc1ccc(N2C[C@H](c3nnc(NC(=O)c4ccc(C)c(C)c4)s3)CC2=O)cc1. The van der Waals surface area contributed by atoms with Crippen LogP contribution in [-0.4, -0.2) is 28.6 Å². The predicted octanol–water partition coefficient (Wildman–Crippen LogP) is 4.24. The third-order valence-electron chi connectivity index (χ3n) is 5.25. The number of nitrogens with zero attached hydrogens (tertiary/aromatic N) is 3. The Bertz CT molecular complexity index is 1070. The van der Waals surface area contributed by atoms with Gasteiger partial charge in [-0.05, 0) is 56.2 Å². The summed E-state index contributed by atoms with van der Waals surface area (Å²) in [5, 5.41) is 12.4. The van der Waals surface area contributed by atoms with Gasteiger partial charge in [-0.15, -0.1) is 10.2 Å². The summed E-state index contributed by atoms with van der Waals surface area (Å²) >= 11 is 1.33. The maximum absolute atomic E-state index is 12.5. The van der Waals surface area contributed by atoms with E-state index < -0.39 is 0 Å². The number of benzene rings is 2. The highest BCUT2D eigenvalue weighted by molar-refractivity contribution is 7.15. The number of carbonyl (C=O) groups excluding carboxylic acids is 2. The first-order valence-electron chi connectivity index (χ1n) is 9.50. The Hall–Kier alpha value is -3.06. The average Bonchev–Trinajstić information content (AvgIpc) is 3.31. The third-order valence-corrected chi connectivity index (χ3v) is 6.25. The molecule has 7 heteroatoms. The van der Waals surface area contributed by atoms with Gasteiger partial charge >= 0.3 is 0 Å². The van der Waals surface area contributed by atoms with Gasteiger partial charge in [-0.2, -0.15) is 0 Å². The molecule has 1 aromatic heterocycles. The van der Waals surface area contributed by atoms with E-state index in [0.29, 0.717) is 23.7 Å². The van der Waals surface area contributed by atoms with Crippen LogP contribution in [-0.2, 0) is 4.79 Å². The molecule has 0 unspecified atom stereocenters. The van der Waals surface area contributed by atoms with Gasteiger partial charge in [-0.1, -0.05) is 35.1 Å². The van der Waals surface area contributed by atoms with E-state index in [2.05, 4.69) is 15.5 Å². The van der Waals surface area contributed by atoms with Crippen LogP contribution in [0.25, 0.3) is 0 Å². The highest BCUT2D eigenvalue weighted by atomic mass is 32.1. The minimum Gasteiger partial charge on any atom is -0.312 e. The average molecular weight is 407 g/mol. The summed E-state index contributed by atoms with van der Waals surface area (Å²) in [6, 6.07) is 13.5. The topological polar surface area (TPSA) is 75.2 Å². The molecule has 1 N–H and O–H groups in total. The maximum Gasteiger partial charge on any atom is 0.257 e. The van der Waals surface area contributed by atoms with Crippen molar-refractivity contribution in [3.63, 3.8) is 0 Å². The Labute approximate surface area is 173 Å². The van der Waals surface area contributed by atoms with Crippen LogP contribution in [0.5, 0.6) is 0 Å². The van der Waals surface area contributed by atoms with Crippen molar-refractivity contribution in [1.29, 1.82) is 0 Å². The van der Waals surface area contributed by atoms with Crippen molar-refractivity contribution in [1.82, 2.24) is 10.2 Å². The molecule has 6 nitrogen and oxygen atoms in total. The molecule has 1 aliphatic rings. The number of hydrogen-bond donors (Lipinski definition) is 1. The molecule has 148 valence electrons. The van der Waals surface area contributed by atoms with E-state index in [0.717, 1.165) is 27.4 Å². The lowest BCUT2D eigenvalue weighted by Gasteiger charge is -2.16. The molecule has 0 radical (unpaired) electrons. The Kier molecular flexibility index (Phi) is 5.15. The number of nitrogens with one attached hydrogen (secondary N) is 1. The van der Waals surface area contributed by atoms with Crippen molar-refractivity contribution in [2.45, 2.75) is 33.1 Å². The molecule has 2 heterocycles. The molecule has 0 bridgehead atoms. The summed E-state index contributed by atoms with van der Waals surface area (Å²) in [6.07, 6.45) is 0.396. The van der Waals surface area contributed by atoms with Crippen LogP contribution in [0, 0.1) is 20.8 Å². The van der Waals surface area contributed by atoms with Crippen molar-refractivity contribution in [2.24, 2.45) is 0 Å². The lowest BCUT2D eigenvalue weighted by molar-refractivity contribution is -0.117. The van der Waals surface area contributed by atoms with Crippen molar-refractivity contribution in [3.8, 4) is 0 Å². The number of amides is 2. The van der Waals surface area contributed by atoms with Crippen molar-refractivity contribution in [3.05, 3.63) is 69.7 Å². The number of carbonyl (C=O) groups is 2. The second kappa shape index (κ2) is 7.75. The Morgan fingerprint density at radius 1 is 1.07 bits per heavy atom. The number of hydrogen-bond acceptors (Lipinski definition) is 5. The molecule has 0 spiro atoms. The van der Waals surface area contributed by atoms with Crippen molar-refractivity contribution in [2.75, 3.05) is 16.8 Å². The first-order valence-corrected chi connectivity index (χ1v) is 10.3. The lowest BCUT2D eigenvalue weighted by Crippen LogP contribution is -2.24. The van der Waals surface area contributed by atoms with E-state index in [9.17, 15) is 9.59 Å². The van der Waals surface area contributed by atoms with Crippen LogP contribution in [0.2, 0.25) is 0 Å². The highest BCUT2D eigenvalue weighted by Crippen LogP contribution is 2.34. The molecule has 0 saturated carbocycles. The van der Waals surface area contributed by atoms with Gasteiger partial charge in [-0.25, -0.2) is 0 Å². The largest absolute Gasteiger partial charge is 0.312 e. The molecule has 3 aromatic rings. The van der Waals surface area contributed by atoms with E-state index in [1.807, 2.05) is 57.2 Å². The molecule has 2 amide bonds. The standard InChI is InChI=1S/C22H22N4O2S/c1-13-4-8-18(9-5-13)26-12-17(11-19(26)27)21-24-25-22(29-21)23-20(28)16-7-6-14(2)15(3)10-16/h4-10,17H,11-12H2,1-3H3,(H,23,25,28)/t17-/m1/s1. The van der Waals surface area contributed by atoms with Gasteiger partial charge in [0.15, 0.2) is 0 Å². The Morgan fingerprint density at radius 3 is 2.55 bits per heavy atom. The van der Waals surface area contributed by atoms with Gasteiger partial charge in [0.25, 0.3) is 5.91 Å². The fourth-order valence-corrected chi connectivity index (χ4v) is 4.18. The van der Waals surface area contributed by atoms with E-state index in [1.165, 1.54) is 11.3 Å². The van der Waals surface area contributed by atoms with Gasteiger partial charge < -0.3 is 4.90 Å². The molecule has 2 aromatic carbocycles. The van der Waals surface area contributed by atoms with E-state index >= 15 is 0 Å².